The molecule has 4 aromatic rings. The van der Waals surface area contributed by atoms with Crippen molar-refractivity contribution in [2.75, 3.05) is 5.09 Å². The first-order valence-corrected chi connectivity index (χ1v) is 11.1. The van der Waals surface area contributed by atoms with Gasteiger partial charge in [-0.15, -0.1) is 0 Å². The van der Waals surface area contributed by atoms with Crippen LogP contribution in [0.4, 0.5) is 5.69 Å². The smallest absolute Gasteiger partial charge is 0.199 e. The molecular formula is C24H20BrClNP. The van der Waals surface area contributed by atoms with Crippen LogP contribution in [0.5, 0.6) is 0 Å². The zero-order chi connectivity index (χ0) is 18.5. The third-order valence-electron chi connectivity index (χ3n) is 4.57. The van der Waals surface area contributed by atoms with Crippen molar-refractivity contribution in [3.8, 4) is 0 Å². The number of nitrogens with one attached hydrogen (secondary N) is 1. The van der Waals surface area contributed by atoms with E-state index in [4.69, 9.17) is 11.6 Å². The Labute approximate surface area is 182 Å². The Morgan fingerprint density at radius 3 is 1.21 bits per heavy atom. The van der Waals surface area contributed by atoms with E-state index in [0.29, 0.717) is 0 Å². The second kappa shape index (κ2) is 9.39. The van der Waals surface area contributed by atoms with Gasteiger partial charge in [0, 0.05) is 5.02 Å². The van der Waals surface area contributed by atoms with Crippen molar-refractivity contribution < 1.29 is 17.0 Å². The van der Waals surface area contributed by atoms with Gasteiger partial charge in [-0.25, -0.2) is 5.09 Å². The molecule has 0 heterocycles. The first-order valence-electron chi connectivity index (χ1n) is 8.89. The monoisotopic (exact) mass is 467 g/mol. The Hall–Kier alpha value is -2.12. The van der Waals surface area contributed by atoms with Crippen molar-refractivity contribution in [2.24, 2.45) is 0 Å². The van der Waals surface area contributed by atoms with Crippen LogP contribution in [-0.4, -0.2) is 0 Å². The first-order chi connectivity index (χ1) is 13.3. The van der Waals surface area contributed by atoms with Gasteiger partial charge in [0.1, 0.15) is 15.9 Å². The summed E-state index contributed by atoms with van der Waals surface area (Å²) in [7, 11) is -2.08. The Morgan fingerprint density at radius 2 is 0.857 bits per heavy atom. The van der Waals surface area contributed by atoms with Gasteiger partial charge in [-0.05, 0) is 60.7 Å². The molecule has 0 aliphatic carbocycles. The van der Waals surface area contributed by atoms with Gasteiger partial charge in [0.25, 0.3) is 0 Å². The van der Waals surface area contributed by atoms with E-state index < -0.39 is 7.41 Å². The van der Waals surface area contributed by atoms with Crippen molar-refractivity contribution in [2.45, 2.75) is 0 Å². The third kappa shape index (κ3) is 4.15. The van der Waals surface area contributed by atoms with Gasteiger partial charge in [0.05, 0.1) is 5.69 Å². The Morgan fingerprint density at radius 1 is 0.500 bits per heavy atom. The molecule has 0 unspecified atom stereocenters. The topological polar surface area (TPSA) is 12.0 Å². The van der Waals surface area contributed by atoms with E-state index in [1.54, 1.807) is 0 Å². The molecule has 0 amide bonds. The predicted molar refractivity (Wildman–Crippen MR) is 120 cm³/mol. The van der Waals surface area contributed by atoms with Crippen LogP contribution < -0.4 is 38.0 Å². The van der Waals surface area contributed by atoms with Gasteiger partial charge in [0.15, 0.2) is 7.41 Å². The van der Waals surface area contributed by atoms with Crippen LogP contribution in [0.3, 0.4) is 0 Å². The van der Waals surface area contributed by atoms with Crippen LogP contribution in [0.2, 0.25) is 5.02 Å². The van der Waals surface area contributed by atoms with Crippen LogP contribution in [0.15, 0.2) is 115 Å². The first kappa shape index (κ1) is 20.6. The van der Waals surface area contributed by atoms with Gasteiger partial charge < -0.3 is 17.0 Å². The van der Waals surface area contributed by atoms with Crippen molar-refractivity contribution in [3.05, 3.63) is 120 Å². The predicted octanol–water partition coefficient (Wildman–Crippen LogP) is 2.67. The molecule has 0 fully saturated rings. The van der Waals surface area contributed by atoms with Crippen molar-refractivity contribution in [1.82, 2.24) is 0 Å². The fraction of sp³-hybridized carbons (Fsp3) is 0. The van der Waals surface area contributed by atoms with Gasteiger partial charge in [-0.2, -0.15) is 0 Å². The second-order valence-electron chi connectivity index (χ2n) is 6.30. The van der Waals surface area contributed by atoms with Crippen LogP contribution >= 0.6 is 19.0 Å². The molecule has 4 aromatic carbocycles. The molecule has 0 saturated carbocycles. The second-order valence-corrected chi connectivity index (χ2v) is 9.85. The SMILES string of the molecule is Clc1ccc(N[P+](c2ccccc2)(c2ccccc2)c2ccccc2)cc1.[Br-]. The highest BCUT2D eigenvalue weighted by molar-refractivity contribution is 7.96. The normalized spacial score (nSPS) is 10.8. The highest BCUT2D eigenvalue weighted by Crippen LogP contribution is 2.54. The highest BCUT2D eigenvalue weighted by atomic mass is 79.9. The fourth-order valence-electron chi connectivity index (χ4n) is 3.31. The molecule has 0 saturated heterocycles. The van der Waals surface area contributed by atoms with Gasteiger partial charge in [-0.1, -0.05) is 66.2 Å². The number of benzene rings is 4. The molecule has 0 bridgehead atoms. The Bertz CT molecular complexity index is 896. The zero-order valence-corrected chi connectivity index (χ0v) is 18.4. The highest BCUT2D eigenvalue weighted by Gasteiger charge is 2.46. The van der Waals surface area contributed by atoms with Crippen molar-refractivity contribution in [1.29, 1.82) is 0 Å². The summed E-state index contributed by atoms with van der Waals surface area (Å²) >= 11 is 6.12. The van der Waals surface area contributed by atoms with Gasteiger partial charge in [0.2, 0.25) is 0 Å². The van der Waals surface area contributed by atoms with Crippen LogP contribution in [-0.2, 0) is 0 Å². The zero-order valence-electron chi connectivity index (χ0n) is 15.2. The summed E-state index contributed by atoms with van der Waals surface area (Å²) < 4.78 is 0. The standard InChI is InChI=1S/C24H20ClNP.BrH/c25-20-16-18-21(19-17-20)26-27(22-10-4-1-5-11-22,23-12-6-2-7-13-23)24-14-8-3-9-15-24;/h1-19,26H;1H/q+1;/p-1. The molecule has 4 heteroatoms. The summed E-state index contributed by atoms with van der Waals surface area (Å²) in [6.07, 6.45) is 0. The lowest BCUT2D eigenvalue weighted by molar-refractivity contribution is -0.00000508. The maximum atomic E-state index is 6.12. The summed E-state index contributed by atoms with van der Waals surface area (Å²) in [6, 6.07) is 40.1. The maximum Gasteiger partial charge on any atom is 0.199 e. The number of rotatable bonds is 5. The molecule has 0 aliphatic rings. The van der Waals surface area contributed by atoms with Crippen molar-refractivity contribution >= 4 is 40.6 Å². The van der Waals surface area contributed by atoms with Gasteiger partial charge in [-0.3, -0.25) is 0 Å². The van der Waals surface area contributed by atoms with Gasteiger partial charge >= 0.3 is 0 Å². The van der Waals surface area contributed by atoms with E-state index in [-0.39, 0.29) is 17.0 Å². The largest absolute Gasteiger partial charge is 1.00 e. The summed E-state index contributed by atoms with van der Waals surface area (Å²) in [4.78, 5) is 0. The molecular weight excluding hydrogens is 449 g/mol. The van der Waals surface area contributed by atoms with E-state index >= 15 is 0 Å². The Balaban J connectivity index is 0.00000225. The molecule has 0 aromatic heterocycles. The summed E-state index contributed by atoms with van der Waals surface area (Å²) in [6.45, 7) is 0. The molecule has 0 aliphatic heterocycles. The quantitative estimate of drug-likeness (QED) is 0.444. The minimum absolute atomic E-state index is 0. The van der Waals surface area contributed by atoms with Crippen molar-refractivity contribution in [3.63, 3.8) is 0 Å². The maximum absolute atomic E-state index is 6.12. The average molecular weight is 469 g/mol. The van der Waals surface area contributed by atoms with Crippen LogP contribution in [0.1, 0.15) is 0 Å². The van der Waals surface area contributed by atoms with E-state index in [1.165, 1.54) is 15.9 Å². The number of hydrogen-bond donors (Lipinski definition) is 1. The minimum Gasteiger partial charge on any atom is -1.00 e. The summed E-state index contributed by atoms with van der Waals surface area (Å²) in [5.74, 6) is 0. The fourth-order valence-corrected chi connectivity index (χ4v) is 7.12. The van der Waals surface area contributed by atoms with Crippen LogP contribution in [0.25, 0.3) is 0 Å². The molecule has 0 atom stereocenters. The van der Waals surface area contributed by atoms with E-state index in [9.17, 15) is 0 Å². The molecule has 1 nitrogen and oxygen atoms in total. The van der Waals surface area contributed by atoms with E-state index in [1.807, 2.05) is 24.3 Å². The average Bonchev–Trinajstić information content (AvgIpc) is 2.75. The lowest BCUT2D eigenvalue weighted by Gasteiger charge is -2.28. The molecule has 0 spiro atoms. The Kier molecular flexibility index (Phi) is 6.91. The molecule has 28 heavy (non-hydrogen) atoms. The third-order valence-corrected chi connectivity index (χ3v) is 8.64. The summed E-state index contributed by atoms with van der Waals surface area (Å²) in [5.41, 5.74) is 1.06. The lowest BCUT2D eigenvalue weighted by Crippen LogP contribution is -3.00. The number of halogens is 2. The van der Waals surface area contributed by atoms with E-state index in [2.05, 4.69) is 96.1 Å². The molecule has 140 valence electrons. The lowest BCUT2D eigenvalue weighted by atomic mass is 10.3. The van der Waals surface area contributed by atoms with E-state index in [0.717, 1.165) is 10.7 Å². The molecule has 4 rings (SSSR count). The van der Waals surface area contributed by atoms with Crippen LogP contribution in [0, 0.1) is 0 Å². The number of hydrogen-bond acceptors (Lipinski definition) is 1. The molecule has 0 radical (unpaired) electrons. The number of anilines is 1. The summed E-state index contributed by atoms with van der Waals surface area (Å²) in [5, 5.41) is 8.53. The minimum atomic E-state index is -2.08. The molecule has 1 N–H and O–H groups in total.